The summed E-state index contributed by atoms with van der Waals surface area (Å²) in [6.45, 7) is 2.03. The van der Waals surface area contributed by atoms with Gasteiger partial charge in [-0.1, -0.05) is 23.2 Å². The normalized spacial score (nSPS) is 10.8. The van der Waals surface area contributed by atoms with Gasteiger partial charge in [-0.2, -0.15) is 5.10 Å². The van der Waals surface area contributed by atoms with Gasteiger partial charge in [0.15, 0.2) is 23.0 Å². The van der Waals surface area contributed by atoms with Crippen molar-refractivity contribution in [2.45, 2.75) is 6.92 Å². The van der Waals surface area contributed by atoms with Gasteiger partial charge in [0.25, 0.3) is 0 Å². The molecule has 0 unspecified atom stereocenters. The summed E-state index contributed by atoms with van der Waals surface area (Å²) in [4.78, 5) is 0. The zero-order valence-corrected chi connectivity index (χ0v) is 21.0. The third-order valence-electron chi connectivity index (χ3n) is 5.58. The Balaban J connectivity index is 1.98. The lowest BCUT2D eigenvalue weighted by atomic mass is 10.0. The highest BCUT2D eigenvalue weighted by atomic mass is 35.5. The maximum Gasteiger partial charge on any atom is 0.161 e. The molecule has 0 saturated heterocycles. The first kappa shape index (κ1) is 23.8. The van der Waals surface area contributed by atoms with Crippen molar-refractivity contribution >= 4 is 23.2 Å². The van der Waals surface area contributed by atoms with E-state index in [1.165, 1.54) is 0 Å². The first-order chi connectivity index (χ1) is 16.4. The van der Waals surface area contributed by atoms with Gasteiger partial charge >= 0.3 is 0 Å². The van der Waals surface area contributed by atoms with Crippen molar-refractivity contribution in [1.29, 1.82) is 0 Å². The zero-order valence-electron chi connectivity index (χ0n) is 19.5. The fourth-order valence-corrected chi connectivity index (χ4v) is 4.17. The Labute approximate surface area is 208 Å². The van der Waals surface area contributed by atoms with Gasteiger partial charge in [-0.3, -0.25) is 0 Å². The van der Waals surface area contributed by atoms with Gasteiger partial charge in [-0.25, -0.2) is 4.68 Å². The number of ether oxygens (including phenoxy) is 4. The van der Waals surface area contributed by atoms with E-state index in [2.05, 4.69) is 0 Å². The summed E-state index contributed by atoms with van der Waals surface area (Å²) < 4.78 is 23.7. The lowest BCUT2D eigenvalue weighted by Gasteiger charge is -2.13. The van der Waals surface area contributed by atoms with E-state index >= 15 is 0 Å². The molecule has 0 atom stereocenters. The fraction of sp³-hybridized carbons (Fsp3) is 0.192. The van der Waals surface area contributed by atoms with Crippen LogP contribution in [0.4, 0.5) is 0 Å². The van der Waals surface area contributed by atoms with Crippen LogP contribution in [0.15, 0.2) is 54.6 Å². The molecule has 8 heteroatoms. The number of halogens is 2. The van der Waals surface area contributed by atoms with Gasteiger partial charge in [0.05, 0.1) is 55.6 Å². The number of aromatic nitrogens is 2. The van der Waals surface area contributed by atoms with Crippen LogP contribution in [0.2, 0.25) is 10.0 Å². The molecule has 4 rings (SSSR count). The Morgan fingerprint density at radius 3 is 1.76 bits per heavy atom. The summed E-state index contributed by atoms with van der Waals surface area (Å²) in [6.07, 6.45) is 0. The SMILES string of the molecule is COc1ccc(-c2nn(-c3ccc(Cl)c(Cl)c3)c(-c3ccc(OC)c(OC)c3)c2C)cc1OC. The second-order valence-electron chi connectivity index (χ2n) is 7.47. The lowest BCUT2D eigenvalue weighted by Crippen LogP contribution is -2.00. The molecule has 0 bridgehead atoms. The first-order valence-electron chi connectivity index (χ1n) is 10.4. The predicted octanol–water partition coefficient (Wildman–Crippen LogP) is 6.86. The van der Waals surface area contributed by atoms with E-state index in [1.54, 1.807) is 40.6 Å². The highest BCUT2D eigenvalue weighted by Gasteiger charge is 2.21. The molecule has 0 saturated carbocycles. The molecule has 1 aromatic heterocycles. The second-order valence-corrected chi connectivity index (χ2v) is 8.29. The number of hydrogen-bond acceptors (Lipinski definition) is 5. The summed E-state index contributed by atoms with van der Waals surface area (Å²) in [5.74, 6) is 2.53. The molecule has 0 aliphatic rings. The average Bonchev–Trinajstić information content (AvgIpc) is 3.21. The van der Waals surface area contributed by atoms with Crippen LogP contribution in [0, 0.1) is 6.92 Å². The van der Waals surface area contributed by atoms with E-state index in [-0.39, 0.29) is 0 Å². The summed E-state index contributed by atoms with van der Waals surface area (Å²) >= 11 is 12.5. The van der Waals surface area contributed by atoms with Crippen molar-refractivity contribution in [1.82, 2.24) is 9.78 Å². The van der Waals surface area contributed by atoms with Crippen LogP contribution in [-0.2, 0) is 0 Å². The Bertz CT molecular complexity index is 1350. The highest BCUT2D eigenvalue weighted by Crippen LogP contribution is 2.40. The third kappa shape index (κ3) is 4.27. The minimum absolute atomic E-state index is 0.443. The molecule has 6 nitrogen and oxygen atoms in total. The van der Waals surface area contributed by atoms with E-state index in [0.717, 1.165) is 33.8 Å². The van der Waals surface area contributed by atoms with Crippen LogP contribution < -0.4 is 18.9 Å². The maximum atomic E-state index is 6.35. The molecule has 0 amide bonds. The average molecular weight is 499 g/mol. The van der Waals surface area contributed by atoms with Crippen molar-refractivity contribution in [2.75, 3.05) is 28.4 Å². The fourth-order valence-electron chi connectivity index (χ4n) is 3.88. The number of benzene rings is 3. The van der Waals surface area contributed by atoms with Crippen LogP contribution in [-0.4, -0.2) is 38.2 Å². The van der Waals surface area contributed by atoms with Crippen molar-refractivity contribution in [2.24, 2.45) is 0 Å². The zero-order chi connectivity index (χ0) is 24.4. The molecule has 4 aromatic rings. The molecular weight excluding hydrogens is 475 g/mol. The van der Waals surface area contributed by atoms with Gasteiger partial charge in [0, 0.05) is 16.7 Å². The Morgan fingerprint density at radius 1 is 0.647 bits per heavy atom. The van der Waals surface area contributed by atoms with E-state index in [4.69, 9.17) is 47.2 Å². The molecule has 0 spiro atoms. The topological polar surface area (TPSA) is 54.7 Å². The Hall–Kier alpha value is -3.35. The molecule has 176 valence electrons. The van der Waals surface area contributed by atoms with Crippen molar-refractivity contribution in [3.8, 4) is 51.2 Å². The first-order valence-corrected chi connectivity index (χ1v) is 11.2. The minimum Gasteiger partial charge on any atom is -0.493 e. The number of rotatable bonds is 7. The summed E-state index contributed by atoms with van der Waals surface area (Å²) in [5, 5.41) is 5.89. The van der Waals surface area contributed by atoms with Crippen molar-refractivity contribution in [3.05, 3.63) is 70.2 Å². The van der Waals surface area contributed by atoms with Gasteiger partial charge in [0.1, 0.15) is 0 Å². The van der Waals surface area contributed by atoms with Crippen molar-refractivity contribution < 1.29 is 18.9 Å². The quantitative estimate of drug-likeness (QED) is 0.278. The molecule has 0 fully saturated rings. The van der Waals surface area contributed by atoms with E-state index in [9.17, 15) is 0 Å². The van der Waals surface area contributed by atoms with Crippen LogP contribution in [0.5, 0.6) is 23.0 Å². The third-order valence-corrected chi connectivity index (χ3v) is 6.32. The smallest absolute Gasteiger partial charge is 0.161 e. The maximum absolute atomic E-state index is 6.35. The lowest BCUT2D eigenvalue weighted by molar-refractivity contribution is 0.355. The molecule has 34 heavy (non-hydrogen) atoms. The summed E-state index contributed by atoms with van der Waals surface area (Å²) in [7, 11) is 6.44. The molecule has 0 aliphatic heterocycles. The number of methoxy groups -OCH3 is 4. The number of nitrogens with zero attached hydrogens (tertiary/aromatic N) is 2. The molecule has 0 radical (unpaired) electrons. The Morgan fingerprint density at radius 2 is 1.21 bits per heavy atom. The highest BCUT2D eigenvalue weighted by molar-refractivity contribution is 6.42. The van der Waals surface area contributed by atoms with Crippen LogP contribution >= 0.6 is 23.2 Å². The monoisotopic (exact) mass is 498 g/mol. The van der Waals surface area contributed by atoms with E-state index in [0.29, 0.717) is 33.0 Å². The molecule has 0 aliphatic carbocycles. The molecule has 1 heterocycles. The predicted molar refractivity (Wildman–Crippen MR) is 135 cm³/mol. The molecule has 3 aromatic carbocycles. The Kier molecular flexibility index (Phi) is 6.91. The van der Waals surface area contributed by atoms with Gasteiger partial charge in [-0.15, -0.1) is 0 Å². The minimum atomic E-state index is 0.443. The van der Waals surface area contributed by atoms with Crippen LogP contribution in [0.3, 0.4) is 0 Å². The summed E-state index contributed by atoms with van der Waals surface area (Å²) in [6, 6.07) is 16.9. The van der Waals surface area contributed by atoms with Gasteiger partial charge in [0.2, 0.25) is 0 Å². The largest absolute Gasteiger partial charge is 0.493 e. The summed E-state index contributed by atoms with van der Waals surface area (Å²) in [5.41, 5.74) is 5.19. The second kappa shape index (κ2) is 9.87. The van der Waals surface area contributed by atoms with E-state index in [1.807, 2.05) is 54.1 Å². The van der Waals surface area contributed by atoms with E-state index < -0.39 is 0 Å². The van der Waals surface area contributed by atoms with Crippen LogP contribution in [0.1, 0.15) is 5.56 Å². The number of hydrogen-bond donors (Lipinski definition) is 0. The van der Waals surface area contributed by atoms with Crippen molar-refractivity contribution in [3.63, 3.8) is 0 Å². The molecular formula is C26H24Cl2N2O4. The van der Waals surface area contributed by atoms with Gasteiger partial charge in [-0.05, 0) is 61.5 Å². The molecule has 0 N–H and O–H groups in total. The van der Waals surface area contributed by atoms with Gasteiger partial charge < -0.3 is 18.9 Å². The standard InChI is InChI=1S/C26H24Cl2N2O4/c1-15-25(16-6-10-21(31-2)23(12-16)33-4)29-30(18-8-9-19(27)20(28)14-18)26(15)17-7-11-22(32-3)24(13-17)34-5/h6-14H,1-5H3. The van der Waals surface area contributed by atoms with Crippen LogP contribution in [0.25, 0.3) is 28.2 Å².